The van der Waals surface area contributed by atoms with Gasteiger partial charge in [-0.05, 0) is 42.3 Å². The fourth-order valence-electron chi connectivity index (χ4n) is 2.48. The normalized spacial score (nSPS) is 10.5. The van der Waals surface area contributed by atoms with E-state index < -0.39 is 23.5 Å². The maximum atomic E-state index is 13.4. The Morgan fingerprint density at radius 1 is 1.12 bits per heavy atom. The molecule has 2 aromatic carbocycles. The quantitative estimate of drug-likeness (QED) is 0.819. The number of nitrogens with zero attached hydrogens (tertiary/aromatic N) is 1. The Balaban J connectivity index is 2.29. The Morgan fingerprint density at radius 3 is 2.46 bits per heavy atom. The first kappa shape index (κ1) is 19.4. The molecule has 0 saturated heterocycles. The van der Waals surface area contributed by atoms with Gasteiger partial charge in [0.05, 0.1) is 13.5 Å². The van der Waals surface area contributed by atoms with Gasteiger partial charge in [0.1, 0.15) is 5.75 Å². The second kappa shape index (κ2) is 8.42. The number of aryl methyl sites for hydroxylation is 1. The first-order valence-corrected chi connectivity index (χ1v) is 7.91. The average Bonchev–Trinajstić information content (AvgIpc) is 2.61. The van der Waals surface area contributed by atoms with Crippen LogP contribution in [0.25, 0.3) is 0 Å². The summed E-state index contributed by atoms with van der Waals surface area (Å²) >= 11 is 0. The van der Waals surface area contributed by atoms with Crippen LogP contribution in [0.4, 0.5) is 8.78 Å². The van der Waals surface area contributed by atoms with E-state index in [0.717, 1.165) is 17.7 Å². The lowest BCUT2D eigenvalue weighted by atomic mass is 10.1. The summed E-state index contributed by atoms with van der Waals surface area (Å²) in [5.41, 5.74) is 1.53. The van der Waals surface area contributed by atoms with E-state index in [1.54, 1.807) is 18.2 Å². The maximum Gasteiger partial charge on any atom is 0.305 e. The van der Waals surface area contributed by atoms with Crippen LogP contribution in [0, 0.1) is 18.6 Å². The van der Waals surface area contributed by atoms with Crippen LogP contribution in [0.2, 0.25) is 0 Å². The predicted molar refractivity (Wildman–Crippen MR) is 91.1 cm³/mol. The number of carboxylic acids is 1. The summed E-state index contributed by atoms with van der Waals surface area (Å²) < 4.78 is 31.7. The first-order valence-electron chi connectivity index (χ1n) is 7.91. The Morgan fingerprint density at radius 2 is 1.85 bits per heavy atom. The Bertz CT molecular complexity index is 823. The Kier molecular flexibility index (Phi) is 6.27. The van der Waals surface area contributed by atoms with Crippen LogP contribution >= 0.6 is 0 Å². The molecule has 0 fully saturated rings. The molecule has 0 radical (unpaired) electrons. The molecule has 5 nitrogen and oxygen atoms in total. The summed E-state index contributed by atoms with van der Waals surface area (Å²) in [6, 6.07) is 8.22. The number of aliphatic carboxylic acids is 1. The number of carboxylic acid groups (broad SMARTS) is 1. The molecule has 0 unspecified atom stereocenters. The fraction of sp³-hybridized carbons (Fsp3) is 0.263. The van der Waals surface area contributed by atoms with E-state index >= 15 is 0 Å². The number of hydrogen-bond donors (Lipinski definition) is 1. The summed E-state index contributed by atoms with van der Waals surface area (Å²) in [4.78, 5) is 25.0. The standard InChI is InChI=1S/C19H19F2NO4/c1-12-3-5-14(10-17(12)26-2)19(25)22(8-7-18(23)24)11-13-4-6-15(20)16(21)9-13/h3-6,9-10H,7-8,11H2,1-2H3,(H,23,24). The second-order valence-corrected chi connectivity index (χ2v) is 5.80. The summed E-state index contributed by atoms with van der Waals surface area (Å²) in [7, 11) is 1.49. The Labute approximate surface area is 149 Å². The van der Waals surface area contributed by atoms with E-state index in [9.17, 15) is 18.4 Å². The van der Waals surface area contributed by atoms with Crippen molar-refractivity contribution in [3.8, 4) is 5.75 Å². The molecule has 0 heterocycles. The average molecular weight is 363 g/mol. The van der Waals surface area contributed by atoms with Gasteiger partial charge in [-0.15, -0.1) is 0 Å². The van der Waals surface area contributed by atoms with Crippen molar-refractivity contribution in [3.63, 3.8) is 0 Å². The van der Waals surface area contributed by atoms with Gasteiger partial charge >= 0.3 is 5.97 Å². The van der Waals surface area contributed by atoms with Gasteiger partial charge < -0.3 is 14.7 Å². The molecule has 0 spiro atoms. The van der Waals surface area contributed by atoms with Gasteiger partial charge in [-0.1, -0.05) is 12.1 Å². The number of rotatable bonds is 7. The minimum absolute atomic E-state index is 0.0422. The van der Waals surface area contributed by atoms with Crippen molar-refractivity contribution in [3.05, 3.63) is 64.7 Å². The highest BCUT2D eigenvalue weighted by Gasteiger charge is 2.19. The van der Waals surface area contributed by atoms with E-state index in [0.29, 0.717) is 16.9 Å². The van der Waals surface area contributed by atoms with Crippen LogP contribution in [0.15, 0.2) is 36.4 Å². The lowest BCUT2D eigenvalue weighted by Gasteiger charge is -2.23. The molecule has 2 rings (SSSR count). The van der Waals surface area contributed by atoms with Crippen molar-refractivity contribution < 1.29 is 28.2 Å². The molecule has 1 amide bonds. The number of benzene rings is 2. The van der Waals surface area contributed by atoms with Crippen molar-refractivity contribution >= 4 is 11.9 Å². The van der Waals surface area contributed by atoms with Gasteiger partial charge in [0.15, 0.2) is 11.6 Å². The maximum absolute atomic E-state index is 13.4. The molecule has 0 aliphatic rings. The van der Waals surface area contributed by atoms with Crippen LogP contribution in [0.3, 0.4) is 0 Å². The molecule has 0 aliphatic heterocycles. The minimum Gasteiger partial charge on any atom is -0.496 e. The molecular formula is C19H19F2NO4. The highest BCUT2D eigenvalue weighted by atomic mass is 19.2. The van der Waals surface area contributed by atoms with Gasteiger partial charge in [-0.3, -0.25) is 9.59 Å². The third-order valence-electron chi connectivity index (χ3n) is 3.90. The number of amides is 1. The smallest absolute Gasteiger partial charge is 0.305 e. The molecule has 26 heavy (non-hydrogen) atoms. The van der Waals surface area contributed by atoms with E-state index in [2.05, 4.69) is 0 Å². The van der Waals surface area contributed by atoms with Crippen LogP contribution in [0.5, 0.6) is 5.75 Å². The van der Waals surface area contributed by atoms with Crippen molar-refractivity contribution in [2.24, 2.45) is 0 Å². The van der Waals surface area contributed by atoms with Crippen molar-refractivity contribution in [2.75, 3.05) is 13.7 Å². The number of carbonyl (C=O) groups excluding carboxylic acids is 1. The topological polar surface area (TPSA) is 66.8 Å². The number of ether oxygens (including phenoxy) is 1. The first-order chi connectivity index (χ1) is 12.3. The summed E-state index contributed by atoms with van der Waals surface area (Å²) in [5.74, 6) is -2.96. The number of methoxy groups -OCH3 is 1. The Hall–Kier alpha value is -2.96. The summed E-state index contributed by atoms with van der Waals surface area (Å²) in [6.07, 6.45) is -0.265. The molecule has 0 saturated carbocycles. The molecule has 7 heteroatoms. The third kappa shape index (κ3) is 4.78. The van der Waals surface area contributed by atoms with Crippen LogP contribution in [-0.4, -0.2) is 35.5 Å². The van der Waals surface area contributed by atoms with E-state index in [1.165, 1.54) is 18.1 Å². The summed E-state index contributed by atoms with van der Waals surface area (Å²) in [5, 5.41) is 8.91. The highest BCUT2D eigenvalue weighted by molar-refractivity contribution is 5.95. The zero-order valence-electron chi connectivity index (χ0n) is 14.5. The van der Waals surface area contributed by atoms with Gasteiger partial charge in [0, 0.05) is 18.7 Å². The molecule has 2 aromatic rings. The molecule has 0 aromatic heterocycles. The summed E-state index contributed by atoms with van der Waals surface area (Å²) in [6.45, 7) is 1.72. The van der Waals surface area contributed by atoms with Crippen molar-refractivity contribution in [2.45, 2.75) is 19.9 Å². The zero-order chi connectivity index (χ0) is 19.3. The SMILES string of the molecule is COc1cc(C(=O)N(CCC(=O)O)Cc2ccc(F)c(F)c2)ccc1C. The van der Waals surface area contributed by atoms with E-state index in [1.807, 2.05) is 6.92 Å². The lowest BCUT2D eigenvalue weighted by Crippen LogP contribution is -2.32. The number of hydrogen-bond acceptors (Lipinski definition) is 3. The molecule has 138 valence electrons. The molecule has 0 bridgehead atoms. The van der Waals surface area contributed by atoms with Crippen molar-refractivity contribution in [1.29, 1.82) is 0 Å². The second-order valence-electron chi connectivity index (χ2n) is 5.80. The zero-order valence-corrected chi connectivity index (χ0v) is 14.5. The van der Waals surface area contributed by atoms with Gasteiger partial charge in [0.2, 0.25) is 0 Å². The minimum atomic E-state index is -1.06. The van der Waals surface area contributed by atoms with Gasteiger partial charge in [-0.2, -0.15) is 0 Å². The highest BCUT2D eigenvalue weighted by Crippen LogP contribution is 2.21. The largest absolute Gasteiger partial charge is 0.496 e. The monoisotopic (exact) mass is 363 g/mol. The number of carbonyl (C=O) groups is 2. The fourth-order valence-corrected chi connectivity index (χ4v) is 2.48. The van der Waals surface area contributed by atoms with Crippen LogP contribution in [-0.2, 0) is 11.3 Å². The van der Waals surface area contributed by atoms with Gasteiger partial charge in [-0.25, -0.2) is 8.78 Å². The number of halogens is 2. The van der Waals surface area contributed by atoms with Crippen LogP contribution in [0.1, 0.15) is 27.9 Å². The lowest BCUT2D eigenvalue weighted by molar-refractivity contribution is -0.137. The van der Waals surface area contributed by atoms with E-state index in [4.69, 9.17) is 9.84 Å². The molecule has 0 aliphatic carbocycles. The molecular weight excluding hydrogens is 344 g/mol. The predicted octanol–water partition coefficient (Wildman–Crippen LogP) is 3.40. The van der Waals surface area contributed by atoms with E-state index in [-0.39, 0.29) is 19.5 Å². The molecule has 0 atom stereocenters. The molecule has 1 N–H and O–H groups in total. The third-order valence-corrected chi connectivity index (χ3v) is 3.90. The van der Waals surface area contributed by atoms with Crippen LogP contribution < -0.4 is 4.74 Å². The van der Waals surface area contributed by atoms with Crippen molar-refractivity contribution in [1.82, 2.24) is 4.90 Å². The van der Waals surface area contributed by atoms with Gasteiger partial charge in [0.25, 0.3) is 5.91 Å².